The van der Waals surface area contributed by atoms with E-state index in [4.69, 9.17) is 5.11 Å². The van der Waals surface area contributed by atoms with Gasteiger partial charge >= 0.3 is 11.9 Å². The molecule has 0 aromatic heterocycles. The van der Waals surface area contributed by atoms with Crippen LogP contribution < -0.4 is 0 Å². The highest BCUT2D eigenvalue weighted by atomic mass is 16.5. The Morgan fingerprint density at radius 1 is 1.06 bits per heavy atom. The van der Waals surface area contributed by atoms with Gasteiger partial charge in [0.15, 0.2) is 0 Å². The topological polar surface area (TPSA) is 97.7 Å². The number of ketones is 2. The van der Waals surface area contributed by atoms with Crippen LogP contribution in [0.4, 0.5) is 0 Å². The molecule has 0 atom stereocenters. The molecule has 0 heterocycles. The van der Waals surface area contributed by atoms with Crippen molar-refractivity contribution in [1.82, 2.24) is 0 Å². The maximum absolute atomic E-state index is 10.6. The monoisotopic (exact) mass is 242 g/mol. The van der Waals surface area contributed by atoms with Gasteiger partial charge in [0.1, 0.15) is 11.6 Å². The van der Waals surface area contributed by atoms with Crippen LogP contribution >= 0.6 is 0 Å². The number of rotatable bonds is 2. The fourth-order valence-corrected chi connectivity index (χ4v) is 1.49. The molecule has 0 spiro atoms. The maximum atomic E-state index is 10.6. The van der Waals surface area contributed by atoms with E-state index in [0.717, 1.165) is 0 Å². The van der Waals surface area contributed by atoms with Crippen LogP contribution in [0.3, 0.4) is 0 Å². The molecule has 6 nitrogen and oxygen atoms in total. The predicted octanol–water partition coefficient (Wildman–Crippen LogP) is 0.189. The first kappa shape index (κ1) is 13.3. The summed E-state index contributed by atoms with van der Waals surface area (Å²) in [6.45, 7) is 0. The number of carbonyl (C=O) groups is 4. The Bertz CT molecular complexity index is 343. The van der Waals surface area contributed by atoms with Crippen LogP contribution in [0.5, 0.6) is 0 Å². The largest absolute Gasteiger partial charge is 0.481 e. The zero-order valence-corrected chi connectivity index (χ0v) is 9.47. The van der Waals surface area contributed by atoms with Crippen LogP contribution in [-0.2, 0) is 23.9 Å². The second kappa shape index (κ2) is 5.56. The first-order chi connectivity index (χ1) is 7.93. The highest BCUT2D eigenvalue weighted by molar-refractivity contribution is 5.94. The average molecular weight is 242 g/mol. The van der Waals surface area contributed by atoms with Gasteiger partial charge in [-0.15, -0.1) is 0 Å². The number of carboxylic acids is 1. The lowest BCUT2D eigenvalue weighted by Crippen LogP contribution is -2.31. The molecule has 0 aromatic rings. The number of aliphatic carboxylic acids is 1. The molecule has 0 saturated heterocycles. The summed E-state index contributed by atoms with van der Waals surface area (Å²) in [6.07, 6.45) is 1.25. The van der Waals surface area contributed by atoms with Gasteiger partial charge in [0.2, 0.25) is 0 Å². The zero-order valence-electron chi connectivity index (χ0n) is 9.47. The van der Waals surface area contributed by atoms with E-state index in [-0.39, 0.29) is 42.2 Å². The van der Waals surface area contributed by atoms with Crippen LogP contribution in [0, 0.1) is 11.8 Å². The molecule has 2 rings (SSSR count). The minimum absolute atomic E-state index is 0.0670. The summed E-state index contributed by atoms with van der Waals surface area (Å²) in [6, 6.07) is 0. The number of methoxy groups -OCH3 is 1. The van der Waals surface area contributed by atoms with Crippen LogP contribution in [0.2, 0.25) is 0 Å². The molecule has 2 aliphatic rings. The fraction of sp³-hybridized carbons (Fsp3) is 0.636. The third-order valence-corrected chi connectivity index (χ3v) is 2.78. The first-order valence-electron chi connectivity index (χ1n) is 5.28. The van der Waals surface area contributed by atoms with E-state index < -0.39 is 5.97 Å². The third kappa shape index (κ3) is 3.65. The van der Waals surface area contributed by atoms with Crippen molar-refractivity contribution in [3.8, 4) is 0 Å². The van der Waals surface area contributed by atoms with Crippen molar-refractivity contribution in [2.45, 2.75) is 25.7 Å². The molecule has 2 aliphatic carbocycles. The van der Waals surface area contributed by atoms with Gasteiger partial charge in [-0.05, 0) is 0 Å². The smallest absolute Gasteiger partial charge is 0.309 e. The Kier molecular flexibility index (Phi) is 4.37. The lowest BCUT2D eigenvalue weighted by molar-refractivity contribution is -0.152. The van der Waals surface area contributed by atoms with E-state index in [1.807, 2.05) is 0 Å². The predicted molar refractivity (Wildman–Crippen MR) is 55.1 cm³/mol. The van der Waals surface area contributed by atoms with E-state index in [9.17, 15) is 19.2 Å². The molecule has 2 fully saturated rings. The number of carboxylic acid groups (broad SMARTS) is 1. The van der Waals surface area contributed by atoms with Crippen LogP contribution in [-0.4, -0.2) is 35.7 Å². The highest BCUT2D eigenvalue weighted by Crippen LogP contribution is 2.23. The number of carbonyl (C=O) groups excluding carboxylic acids is 3. The second-order valence-corrected chi connectivity index (χ2v) is 4.15. The number of Topliss-reactive ketones (excluding diaryl/α,β-unsaturated/α-hetero) is 2. The van der Waals surface area contributed by atoms with Gasteiger partial charge in [-0.2, -0.15) is 0 Å². The lowest BCUT2D eigenvalue weighted by Gasteiger charge is -2.20. The summed E-state index contributed by atoms with van der Waals surface area (Å²) in [4.78, 5) is 41.0. The van der Waals surface area contributed by atoms with Gasteiger partial charge in [-0.25, -0.2) is 0 Å². The fourth-order valence-electron chi connectivity index (χ4n) is 1.49. The van der Waals surface area contributed by atoms with E-state index in [2.05, 4.69) is 4.74 Å². The Morgan fingerprint density at radius 2 is 1.47 bits per heavy atom. The molecule has 0 aromatic carbocycles. The first-order valence-corrected chi connectivity index (χ1v) is 5.28. The van der Waals surface area contributed by atoms with E-state index in [1.54, 1.807) is 0 Å². The summed E-state index contributed by atoms with van der Waals surface area (Å²) < 4.78 is 4.41. The molecule has 1 N–H and O–H groups in total. The third-order valence-electron chi connectivity index (χ3n) is 2.78. The minimum atomic E-state index is -0.843. The molecule has 0 bridgehead atoms. The highest BCUT2D eigenvalue weighted by Gasteiger charge is 2.33. The van der Waals surface area contributed by atoms with E-state index in [0.29, 0.717) is 12.8 Å². The van der Waals surface area contributed by atoms with Crippen molar-refractivity contribution in [2.24, 2.45) is 11.8 Å². The van der Waals surface area contributed by atoms with Gasteiger partial charge in [-0.3, -0.25) is 19.2 Å². The van der Waals surface area contributed by atoms with E-state index >= 15 is 0 Å². The average Bonchev–Trinajstić information content (AvgIpc) is 2.20. The summed E-state index contributed by atoms with van der Waals surface area (Å²) in [5.41, 5.74) is 0. The summed E-state index contributed by atoms with van der Waals surface area (Å²) in [5, 5.41) is 8.20. The van der Waals surface area contributed by atoms with Crippen LogP contribution in [0.15, 0.2) is 0 Å². The van der Waals surface area contributed by atoms with Crippen molar-refractivity contribution < 1.29 is 29.0 Å². The number of ether oxygens (including phenoxy) is 1. The lowest BCUT2D eigenvalue weighted by atomic mass is 9.84. The minimum Gasteiger partial charge on any atom is -0.481 e. The van der Waals surface area contributed by atoms with Crippen LogP contribution in [0.25, 0.3) is 0 Å². The molecule has 17 heavy (non-hydrogen) atoms. The van der Waals surface area contributed by atoms with Crippen LogP contribution in [0.1, 0.15) is 25.7 Å². The number of hydrogen-bond acceptors (Lipinski definition) is 5. The van der Waals surface area contributed by atoms with E-state index in [1.165, 1.54) is 7.11 Å². The molecule has 0 radical (unpaired) electrons. The Balaban J connectivity index is 0.000000171. The van der Waals surface area contributed by atoms with Gasteiger partial charge in [-0.1, -0.05) is 0 Å². The molecule has 0 unspecified atom stereocenters. The van der Waals surface area contributed by atoms with Gasteiger partial charge < -0.3 is 9.84 Å². The van der Waals surface area contributed by atoms with Gasteiger partial charge in [0.05, 0.1) is 18.9 Å². The molecule has 94 valence electrons. The summed E-state index contributed by atoms with van der Waals surface area (Å²) in [5.74, 6) is -1.38. The number of esters is 1. The zero-order chi connectivity index (χ0) is 13.0. The molecule has 0 aliphatic heterocycles. The maximum Gasteiger partial charge on any atom is 0.309 e. The molecular formula is C11H14O6. The molecular weight excluding hydrogens is 228 g/mol. The molecule has 0 amide bonds. The standard InChI is InChI=1S/C6H8O3.C5H6O3/c1-9-6(8)4-2-5(7)3-4;6-4-1-3(2-4)5(7)8/h4H,2-3H2,1H3;3H,1-2H2,(H,7,8). The summed E-state index contributed by atoms with van der Waals surface area (Å²) >= 11 is 0. The Morgan fingerprint density at radius 3 is 1.71 bits per heavy atom. The van der Waals surface area contributed by atoms with Crippen molar-refractivity contribution in [1.29, 1.82) is 0 Å². The SMILES string of the molecule is COC(=O)C1CC(=O)C1.O=C1CC(C(=O)O)C1. The molecule has 2 saturated carbocycles. The van der Waals surface area contributed by atoms with Gasteiger partial charge in [0.25, 0.3) is 0 Å². The summed E-state index contributed by atoms with van der Waals surface area (Å²) in [7, 11) is 1.34. The molecule has 6 heteroatoms. The Hall–Kier alpha value is -1.72. The normalized spacial score (nSPS) is 19.6. The van der Waals surface area contributed by atoms with Crippen molar-refractivity contribution in [3.63, 3.8) is 0 Å². The van der Waals surface area contributed by atoms with Gasteiger partial charge in [0, 0.05) is 25.7 Å². The van der Waals surface area contributed by atoms with Crippen molar-refractivity contribution in [3.05, 3.63) is 0 Å². The Labute approximate surface area is 97.9 Å². The number of hydrogen-bond donors (Lipinski definition) is 1. The second-order valence-electron chi connectivity index (χ2n) is 4.15. The quantitative estimate of drug-likeness (QED) is 0.694. The van der Waals surface area contributed by atoms with Crippen molar-refractivity contribution in [2.75, 3.05) is 7.11 Å². The van der Waals surface area contributed by atoms with Crippen molar-refractivity contribution >= 4 is 23.5 Å².